The van der Waals surface area contributed by atoms with Gasteiger partial charge in [0.05, 0.1) is 18.8 Å². The molecular weight excluding hydrogens is 360 g/mol. The van der Waals surface area contributed by atoms with Gasteiger partial charge in [0.2, 0.25) is 5.91 Å². The zero-order valence-electron chi connectivity index (χ0n) is 16.1. The first kappa shape index (κ1) is 19.6. The van der Waals surface area contributed by atoms with Crippen molar-refractivity contribution in [2.45, 2.75) is 26.8 Å². The molecule has 0 aliphatic carbocycles. The second-order valence-electron chi connectivity index (χ2n) is 6.75. The Balaban J connectivity index is 1.44. The second-order valence-corrected chi connectivity index (χ2v) is 7.58. The smallest absolute Gasteiger partial charge is 0.234 e. The molecule has 2 heterocycles. The van der Waals surface area contributed by atoms with Gasteiger partial charge in [-0.2, -0.15) is 0 Å². The van der Waals surface area contributed by atoms with Crippen LogP contribution in [-0.2, 0) is 11.3 Å². The summed E-state index contributed by atoms with van der Waals surface area (Å²) in [7, 11) is 0. The maximum atomic E-state index is 12.4. The number of carbonyl (C=O) groups excluding carboxylic acids is 1. The van der Waals surface area contributed by atoms with E-state index >= 15 is 0 Å². The topological polar surface area (TPSA) is 57.7 Å². The number of rotatable bonds is 7. The lowest BCUT2D eigenvalue weighted by atomic mass is 10.2. The molecule has 1 aromatic carbocycles. The lowest BCUT2D eigenvalue weighted by Gasteiger charge is -2.21. The zero-order chi connectivity index (χ0) is 19.1. The van der Waals surface area contributed by atoms with Crippen LogP contribution in [0.5, 0.6) is 5.75 Å². The quantitative estimate of drug-likeness (QED) is 0.790. The van der Waals surface area contributed by atoms with Gasteiger partial charge in [-0.1, -0.05) is 12.1 Å². The molecule has 6 nitrogen and oxygen atoms in total. The number of ether oxygens (including phenoxy) is 1. The van der Waals surface area contributed by atoms with Crippen LogP contribution in [-0.4, -0.2) is 55.1 Å². The first-order chi connectivity index (χ1) is 13.1. The molecule has 7 heteroatoms. The highest BCUT2D eigenvalue weighted by Gasteiger charge is 2.18. The molecule has 2 aromatic rings. The third kappa shape index (κ3) is 5.94. The van der Waals surface area contributed by atoms with E-state index in [-0.39, 0.29) is 5.91 Å². The number of nitrogens with zero attached hydrogens (tertiary/aromatic N) is 3. The molecule has 0 saturated carbocycles. The van der Waals surface area contributed by atoms with Crippen molar-refractivity contribution >= 4 is 22.4 Å². The van der Waals surface area contributed by atoms with E-state index < -0.39 is 0 Å². The molecule has 0 bridgehead atoms. The third-order valence-electron chi connectivity index (χ3n) is 4.53. The van der Waals surface area contributed by atoms with Crippen molar-refractivity contribution in [3.05, 3.63) is 40.9 Å². The van der Waals surface area contributed by atoms with Crippen molar-refractivity contribution in [1.82, 2.24) is 15.2 Å². The monoisotopic (exact) mass is 388 g/mol. The Labute approximate surface area is 165 Å². The Hall–Kier alpha value is -2.12. The van der Waals surface area contributed by atoms with E-state index in [2.05, 4.69) is 25.5 Å². The number of hydrogen-bond donors (Lipinski definition) is 1. The van der Waals surface area contributed by atoms with E-state index in [4.69, 9.17) is 4.74 Å². The standard InChI is InChI=1S/C20H28N4O2S/c1-3-26-18-7-4-6-17(12-18)13-21-19(25)14-23-8-5-9-24(11-10-23)20-22-16(2)15-27-20/h4,6-7,12,15H,3,5,8-11,13-14H2,1-2H3,(H,21,25). The van der Waals surface area contributed by atoms with Gasteiger partial charge in [0.25, 0.3) is 0 Å². The van der Waals surface area contributed by atoms with Gasteiger partial charge >= 0.3 is 0 Å². The minimum Gasteiger partial charge on any atom is -0.494 e. The van der Waals surface area contributed by atoms with Crippen LogP contribution in [0.4, 0.5) is 5.13 Å². The van der Waals surface area contributed by atoms with Gasteiger partial charge in [-0.05, 0) is 38.0 Å². The molecule has 1 saturated heterocycles. The number of hydrogen-bond acceptors (Lipinski definition) is 6. The number of aryl methyl sites for hydroxylation is 1. The van der Waals surface area contributed by atoms with Crippen molar-refractivity contribution in [3.63, 3.8) is 0 Å². The number of benzene rings is 1. The Bertz CT molecular complexity index is 749. The summed E-state index contributed by atoms with van der Waals surface area (Å²) >= 11 is 1.70. The first-order valence-corrected chi connectivity index (χ1v) is 10.4. The Kier molecular flexibility index (Phi) is 7.06. The minimum atomic E-state index is 0.0651. The largest absolute Gasteiger partial charge is 0.494 e. The Morgan fingerprint density at radius 1 is 1.30 bits per heavy atom. The summed E-state index contributed by atoms with van der Waals surface area (Å²) in [5, 5.41) is 6.20. The summed E-state index contributed by atoms with van der Waals surface area (Å²) < 4.78 is 5.51. The van der Waals surface area contributed by atoms with Crippen LogP contribution in [0.15, 0.2) is 29.6 Å². The Morgan fingerprint density at radius 2 is 2.19 bits per heavy atom. The molecule has 1 aliphatic heterocycles. The lowest BCUT2D eigenvalue weighted by molar-refractivity contribution is -0.122. The summed E-state index contributed by atoms with van der Waals surface area (Å²) in [6, 6.07) is 7.87. The molecule has 1 amide bonds. The number of carbonyl (C=O) groups is 1. The van der Waals surface area contributed by atoms with Crippen molar-refractivity contribution in [2.24, 2.45) is 0 Å². The van der Waals surface area contributed by atoms with Crippen molar-refractivity contribution in [2.75, 3.05) is 44.2 Å². The van der Waals surface area contributed by atoms with E-state index in [0.717, 1.165) is 54.7 Å². The van der Waals surface area contributed by atoms with E-state index in [9.17, 15) is 4.79 Å². The summed E-state index contributed by atoms with van der Waals surface area (Å²) in [6.45, 7) is 9.33. The van der Waals surface area contributed by atoms with Crippen molar-refractivity contribution < 1.29 is 9.53 Å². The fourth-order valence-corrected chi connectivity index (χ4v) is 4.04. The first-order valence-electron chi connectivity index (χ1n) is 9.52. The molecular formula is C20H28N4O2S. The molecule has 0 atom stereocenters. The van der Waals surface area contributed by atoms with Gasteiger partial charge in [0.1, 0.15) is 5.75 Å². The maximum Gasteiger partial charge on any atom is 0.234 e. The predicted octanol–water partition coefficient (Wildman–Crippen LogP) is 2.68. The SMILES string of the molecule is CCOc1cccc(CNC(=O)CN2CCCN(c3nc(C)cs3)CC2)c1. The average Bonchev–Trinajstić information content (AvgIpc) is 2.95. The molecule has 27 heavy (non-hydrogen) atoms. The summed E-state index contributed by atoms with van der Waals surface area (Å²) in [5.74, 6) is 0.907. The fraction of sp³-hybridized carbons (Fsp3) is 0.500. The van der Waals surface area contributed by atoms with Gasteiger partial charge in [-0.25, -0.2) is 4.98 Å². The predicted molar refractivity (Wildman–Crippen MR) is 110 cm³/mol. The van der Waals surface area contributed by atoms with Gasteiger partial charge in [-0.15, -0.1) is 11.3 Å². The van der Waals surface area contributed by atoms with Crippen LogP contribution < -0.4 is 15.0 Å². The second kappa shape index (κ2) is 9.71. The normalized spacial score (nSPS) is 15.4. The molecule has 0 radical (unpaired) electrons. The molecule has 1 fully saturated rings. The number of thiazole rings is 1. The van der Waals surface area contributed by atoms with Crippen LogP contribution in [0, 0.1) is 6.92 Å². The number of amides is 1. The zero-order valence-corrected chi connectivity index (χ0v) is 16.9. The van der Waals surface area contributed by atoms with Gasteiger partial charge < -0.3 is 15.0 Å². The minimum absolute atomic E-state index is 0.0651. The maximum absolute atomic E-state index is 12.4. The van der Waals surface area contributed by atoms with Crippen LogP contribution in [0.3, 0.4) is 0 Å². The van der Waals surface area contributed by atoms with E-state index in [0.29, 0.717) is 19.7 Å². The van der Waals surface area contributed by atoms with Crippen LogP contribution in [0.1, 0.15) is 24.6 Å². The molecule has 0 spiro atoms. The summed E-state index contributed by atoms with van der Waals surface area (Å²) in [5.41, 5.74) is 2.12. The number of anilines is 1. The van der Waals surface area contributed by atoms with Crippen LogP contribution >= 0.6 is 11.3 Å². The third-order valence-corrected chi connectivity index (χ3v) is 5.55. The molecule has 1 N–H and O–H groups in total. The van der Waals surface area contributed by atoms with E-state index in [1.165, 1.54) is 0 Å². The molecule has 1 aromatic heterocycles. The molecule has 3 rings (SSSR count). The molecule has 0 unspecified atom stereocenters. The van der Waals surface area contributed by atoms with Crippen LogP contribution in [0.2, 0.25) is 0 Å². The van der Waals surface area contributed by atoms with E-state index in [1.54, 1.807) is 11.3 Å². The fourth-order valence-electron chi connectivity index (χ4n) is 3.18. The van der Waals surface area contributed by atoms with Crippen molar-refractivity contribution in [3.8, 4) is 5.75 Å². The number of nitrogens with one attached hydrogen (secondary N) is 1. The summed E-state index contributed by atoms with van der Waals surface area (Å²) in [6.07, 6.45) is 1.04. The highest BCUT2D eigenvalue weighted by molar-refractivity contribution is 7.13. The molecule has 146 valence electrons. The van der Waals surface area contributed by atoms with Gasteiger partial charge in [0, 0.05) is 38.1 Å². The number of aromatic nitrogens is 1. The van der Waals surface area contributed by atoms with E-state index in [1.807, 2.05) is 38.1 Å². The van der Waals surface area contributed by atoms with Crippen LogP contribution in [0.25, 0.3) is 0 Å². The van der Waals surface area contributed by atoms with Gasteiger partial charge in [-0.3, -0.25) is 9.69 Å². The van der Waals surface area contributed by atoms with Crippen molar-refractivity contribution in [1.29, 1.82) is 0 Å². The highest BCUT2D eigenvalue weighted by atomic mass is 32.1. The lowest BCUT2D eigenvalue weighted by Crippen LogP contribution is -2.39. The van der Waals surface area contributed by atoms with Gasteiger partial charge in [0.15, 0.2) is 5.13 Å². The average molecular weight is 389 g/mol. The Morgan fingerprint density at radius 3 is 2.96 bits per heavy atom. The molecule has 1 aliphatic rings. The summed E-state index contributed by atoms with van der Waals surface area (Å²) in [4.78, 5) is 21.5. The highest BCUT2D eigenvalue weighted by Crippen LogP contribution is 2.21.